The maximum atomic E-state index is 11.1. The van der Waals surface area contributed by atoms with Crippen molar-refractivity contribution in [3.05, 3.63) is 12.2 Å². The van der Waals surface area contributed by atoms with Gasteiger partial charge < -0.3 is 14.2 Å². The Morgan fingerprint density at radius 1 is 1.21 bits per heavy atom. The average molecular weight is 202 g/mol. The third-order valence-electron chi connectivity index (χ3n) is 1.81. The van der Waals surface area contributed by atoms with E-state index in [-0.39, 0.29) is 11.9 Å². The first kappa shape index (κ1) is 13.1. The third kappa shape index (κ3) is 4.99. The van der Waals surface area contributed by atoms with E-state index in [1.54, 1.807) is 14.2 Å². The second kappa shape index (κ2) is 7.53. The molecule has 0 saturated carbocycles. The van der Waals surface area contributed by atoms with Crippen LogP contribution in [0.15, 0.2) is 12.2 Å². The SMILES string of the molecule is C=C(CC(COC)COC)C(=O)OC. The van der Waals surface area contributed by atoms with Gasteiger partial charge in [-0.3, -0.25) is 0 Å². The van der Waals surface area contributed by atoms with Crippen LogP contribution in [0, 0.1) is 5.92 Å². The minimum Gasteiger partial charge on any atom is -0.466 e. The van der Waals surface area contributed by atoms with E-state index in [4.69, 9.17) is 9.47 Å². The highest BCUT2D eigenvalue weighted by Crippen LogP contribution is 2.12. The van der Waals surface area contributed by atoms with Gasteiger partial charge >= 0.3 is 5.97 Å². The molecule has 0 atom stereocenters. The Kier molecular flexibility index (Phi) is 7.06. The summed E-state index contributed by atoms with van der Waals surface area (Å²) in [5.74, 6) is -0.223. The van der Waals surface area contributed by atoms with Crippen molar-refractivity contribution in [1.29, 1.82) is 0 Å². The first-order valence-corrected chi connectivity index (χ1v) is 4.39. The van der Waals surface area contributed by atoms with E-state index in [2.05, 4.69) is 11.3 Å². The van der Waals surface area contributed by atoms with Crippen molar-refractivity contribution in [2.24, 2.45) is 5.92 Å². The fourth-order valence-electron chi connectivity index (χ4n) is 1.21. The summed E-state index contributed by atoms with van der Waals surface area (Å²) in [6.07, 6.45) is 0.536. The topological polar surface area (TPSA) is 44.8 Å². The quantitative estimate of drug-likeness (QED) is 0.456. The van der Waals surface area contributed by atoms with Crippen LogP contribution in [-0.4, -0.2) is 40.5 Å². The van der Waals surface area contributed by atoms with Crippen LogP contribution in [0.1, 0.15) is 6.42 Å². The zero-order valence-corrected chi connectivity index (χ0v) is 9.04. The van der Waals surface area contributed by atoms with Crippen LogP contribution in [0.5, 0.6) is 0 Å². The largest absolute Gasteiger partial charge is 0.466 e. The third-order valence-corrected chi connectivity index (χ3v) is 1.81. The minimum atomic E-state index is -0.373. The van der Waals surface area contributed by atoms with E-state index in [9.17, 15) is 4.79 Å². The molecule has 0 unspecified atom stereocenters. The standard InChI is InChI=1S/C10H18O4/c1-8(10(11)14-4)5-9(6-12-2)7-13-3/h9H,1,5-7H2,2-4H3. The highest BCUT2D eigenvalue weighted by molar-refractivity contribution is 5.87. The molecular weight excluding hydrogens is 184 g/mol. The zero-order valence-electron chi connectivity index (χ0n) is 9.04. The molecule has 0 aromatic heterocycles. The molecule has 0 aliphatic carbocycles. The van der Waals surface area contributed by atoms with Crippen molar-refractivity contribution >= 4 is 5.97 Å². The zero-order chi connectivity index (χ0) is 11.0. The average Bonchev–Trinajstić information content (AvgIpc) is 2.17. The monoisotopic (exact) mass is 202 g/mol. The van der Waals surface area contributed by atoms with E-state index < -0.39 is 0 Å². The van der Waals surface area contributed by atoms with Gasteiger partial charge in [-0.05, 0) is 6.42 Å². The fraction of sp³-hybridized carbons (Fsp3) is 0.700. The smallest absolute Gasteiger partial charge is 0.333 e. The highest BCUT2D eigenvalue weighted by Gasteiger charge is 2.14. The fourth-order valence-corrected chi connectivity index (χ4v) is 1.21. The summed E-state index contributed by atoms with van der Waals surface area (Å²) in [5.41, 5.74) is 0.451. The second-order valence-electron chi connectivity index (χ2n) is 3.08. The van der Waals surface area contributed by atoms with E-state index in [0.29, 0.717) is 25.2 Å². The van der Waals surface area contributed by atoms with Gasteiger partial charge in [0.25, 0.3) is 0 Å². The van der Waals surface area contributed by atoms with Gasteiger partial charge in [0.1, 0.15) is 0 Å². The molecule has 82 valence electrons. The van der Waals surface area contributed by atoms with Crippen LogP contribution in [0.25, 0.3) is 0 Å². The number of methoxy groups -OCH3 is 3. The van der Waals surface area contributed by atoms with E-state index in [1.165, 1.54) is 7.11 Å². The summed E-state index contributed by atoms with van der Waals surface area (Å²) in [5, 5.41) is 0. The molecule has 0 rings (SSSR count). The normalized spacial score (nSPS) is 10.3. The molecule has 0 aromatic carbocycles. The first-order chi connectivity index (χ1) is 6.65. The predicted octanol–water partition coefficient (Wildman–Crippen LogP) is 1.01. The molecule has 0 heterocycles. The predicted molar refractivity (Wildman–Crippen MR) is 53.0 cm³/mol. The molecule has 4 heteroatoms. The summed E-state index contributed by atoms with van der Waals surface area (Å²) in [7, 11) is 4.57. The molecule has 0 aliphatic rings. The first-order valence-electron chi connectivity index (χ1n) is 4.39. The molecule has 0 aromatic rings. The van der Waals surface area contributed by atoms with Crippen molar-refractivity contribution in [2.45, 2.75) is 6.42 Å². The number of rotatable bonds is 7. The van der Waals surface area contributed by atoms with Gasteiger partial charge in [0.15, 0.2) is 0 Å². The number of esters is 1. The maximum absolute atomic E-state index is 11.1. The molecule has 4 nitrogen and oxygen atoms in total. The van der Waals surface area contributed by atoms with Gasteiger partial charge in [-0.1, -0.05) is 6.58 Å². The van der Waals surface area contributed by atoms with Crippen LogP contribution in [-0.2, 0) is 19.0 Å². The van der Waals surface area contributed by atoms with Crippen LogP contribution < -0.4 is 0 Å². The number of ether oxygens (including phenoxy) is 3. The van der Waals surface area contributed by atoms with Crippen LogP contribution in [0.3, 0.4) is 0 Å². The van der Waals surface area contributed by atoms with Crippen molar-refractivity contribution < 1.29 is 19.0 Å². The Labute approximate surface area is 84.8 Å². The highest BCUT2D eigenvalue weighted by atomic mass is 16.5. The van der Waals surface area contributed by atoms with Gasteiger partial charge in [0.2, 0.25) is 0 Å². The second-order valence-corrected chi connectivity index (χ2v) is 3.08. The minimum absolute atomic E-state index is 0.150. The summed E-state index contributed by atoms with van der Waals surface area (Å²) in [4.78, 5) is 11.1. The van der Waals surface area contributed by atoms with Gasteiger partial charge in [-0.25, -0.2) is 4.79 Å². The van der Waals surface area contributed by atoms with Gasteiger partial charge in [-0.15, -0.1) is 0 Å². The number of carbonyl (C=O) groups excluding carboxylic acids is 1. The molecule has 0 N–H and O–H groups in total. The summed E-state index contributed by atoms with van der Waals surface area (Å²) >= 11 is 0. The number of hydrogen-bond donors (Lipinski definition) is 0. The van der Waals surface area contributed by atoms with Crippen LogP contribution in [0.2, 0.25) is 0 Å². The van der Waals surface area contributed by atoms with E-state index >= 15 is 0 Å². The van der Waals surface area contributed by atoms with Crippen LogP contribution in [0.4, 0.5) is 0 Å². The Bertz CT molecular complexity index is 183. The molecule has 0 amide bonds. The molecular formula is C10H18O4. The molecule has 0 fully saturated rings. The Hall–Kier alpha value is -0.870. The molecule has 0 bridgehead atoms. The lowest BCUT2D eigenvalue weighted by Crippen LogP contribution is -2.17. The molecule has 14 heavy (non-hydrogen) atoms. The summed E-state index contributed by atoms with van der Waals surface area (Å²) in [6, 6.07) is 0. The lowest BCUT2D eigenvalue weighted by atomic mass is 10.0. The molecule has 0 spiro atoms. The molecule has 0 aliphatic heterocycles. The summed E-state index contributed by atoms with van der Waals surface area (Å²) < 4.78 is 14.5. The van der Waals surface area contributed by atoms with Crippen molar-refractivity contribution in [3.8, 4) is 0 Å². The van der Waals surface area contributed by atoms with Crippen molar-refractivity contribution in [3.63, 3.8) is 0 Å². The van der Waals surface area contributed by atoms with Crippen LogP contribution >= 0.6 is 0 Å². The van der Waals surface area contributed by atoms with E-state index in [0.717, 1.165) is 0 Å². The molecule has 0 radical (unpaired) electrons. The number of carbonyl (C=O) groups is 1. The summed E-state index contributed by atoms with van der Waals surface area (Å²) in [6.45, 7) is 4.74. The number of hydrogen-bond acceptors (Lipinski definition) is 4. The maximum Gasteiger partial charge on any atom is 0.333 e. The lowest BCUT2D eigenvalue weighted by molar-refractivity contribution is -0.136. The van der Waals surface area contributed by atoms with Gasteiger partial charge in [0.05, 0.1) is 20.3 Å². The lowest BCUT2D eigenvalue weighted by Gasteiger charge is -2.15. The van der Waals surface area contributed by atoms with E-state index in [1.807, 2.05) is 0 Å². The molecule has 0 saturated heterocycles. The van der Waals surface area contributed by atoms with Gasteiger partial charge in [-0.2, -0.15) is 0 Å². The van der Waals surface area contributed by atoms with Gasteiger partial charge in [0, 0.05) is 25.7 Å². The van der Waals surface area contributed by atoms with Crippen molar-refractivity contribution in [2.75, 3.05) is 34.5 Å². The Morgan fingerprint density at radius 3 is 2.07 bits per heavy atom. The Morgan fingerprint density at radius 2 is 1.71 bits per heavy atom. The van der Waals surface area contributed by atoms with Crippen molar-refractivity contribution in [1.82, 2.24) is 0 Å². The Balaban J connectivity index is 4.01.